The van der Waals surface area contributed by atoms with Crippen LogP contribution < -0.4 is 10.1 Å². The molecule has 0 fully saturated rings. The molecule has 0 radical (unpaired) electrons. The summed E-state index contributed by atoms with van der Waals surface area (Å²) in [5.41, 5.74) is 3.06. The lowest BCUT2D eigenvalue weighted by atomic mass is 10.0. The Labute approximate surface area is 134 Å². The molecule has 2 heterocycles. The molecule has 0 spiro atoms. The molecule has 0 bridgehead atoms. The van der Waals surface area contributed by atoms with Crippen LogP contribution in [0.1, 0.15) is 23.6 Å². The molecule has 2 aromatic rings. The lowest BCUT2D eigenvalue weighted by Crippen LogP contribution is -2.30. The minimum atomic E-state index is -0.228. The zero-order chi connectivity index (χ0) is 15.4. The second-order valence-electron chi connectivity index (χ2n) is 5.60. The van der Waals surface area contributed by atoms with Crippen molar-refractivity contribution < 1.29 is 13.9 Å². The number of hydrogen-bond acceptors (Lipinski definition) is 4. The topological polar surface area (TPSA) is 30.5 Å². The molecule has 0 saturated carbocycles. The van der Waals surface area contributed by atoms with Crippen LogP contribution in [0.15, 0.2) is 29.0 Å². The quantitative estimate of drug-likeness (QED) is 0.883. The molecule has 1 aliphatic heterocycles. The third-order valence-corrected chi connectivity index (χ3v) is 4.49. The standard InChI is InChI=1S/C17H20FNO2S/c1-12(6-13-3-5-22-10-13)19-4-2-14-7-16(18)8-15-9-20-11-21-17(14)15/h3,5,7-8,10,12,19H,2,4,6,9,11H2,1H3/t12-/m1/s1. The van der Waals surface area contributed by atoms with E-state index in [-0.39, 0.29) is 12.6 Å². The summed E-state index contributed by atoms with van der Waals surface area (Å²) in [5.74, 6) is 0.564. The monoisotopic (exact) mass is 321 g/mol. The largest absolute Gasteiger partial charge is 0.467 e. The van der Waals surface area contributed by atoms with E-state index in [0.717, 1.165) is 36.3 Å². The summed E-state index contributed by atoms with van der Waals surface area (Å²) in [7, 11) is 0. The maximum Gasteiger partial charge on any atom is 0.189 e. The van der Waals surface area contributed by atoms with Crippen molar-refractivity contribution >= 4 is 11.3 Å². The van der Waals surface area contributed by atoms with E-state index >= 15 is 0 Å². The molecule has 1 aliphatic rings. The van der Waals surface area contributed by atoms with E-state index in [9.17, 15) is 4.39 Å². The van der Waals surface area contributed by atoms with Crippen LogP contribution >= 0.6 is 11.3 Å². The van der Waals surface area contributed by atoms with Gasteiger partial charge in [-0.25, -0.2) is 4.39 Å². The number of fused-ring (bicyclic) bond motifs is 1. The molecule has 22 heavy (non-hydrogen) atoms. The van der Waals surface area contributed by atoms with Gasteiger partial charge in [0, 0.05) is 11.6 Å². The van der Waals surface area contributed by atoms with Crippen molar-refractivity contribution in [3.05, 3.63) is 51.5 Å². The van der Waals surface area contributed by atoms with Crippen molar-refractivity contribution in [2.24, 2.45) is 0 Å². The summed E-state index contributed by atoms with van der Waals surface area (Å²) < 4.78 is 24.4. The van der Waals surface area contributed by atoms with Gasteiger partial charge in [-0.1, -0.05) is 0 Å². The maximum absolute atomic E-state index is 13.7. The first kappa shape index (κ1) is 15.5. The second-order valence-corrected chi connectivity index (χ2v) is 6.38. The molecule has 0 saturated heterocycles. The highest BCUT2D eigenvalue weighted by Crippen LogP contribution is 2.29. The molecule has 0 unspecified atom stereocenters. The van der Waals surface area contributed by atoms with Crippen molar-refractivity contribution in [1.29, 1.82) is 0 Å². The smallest absolute Gasteiger partial charge is 0.189 e. The summed E-state index contributed by atoms with van der Waals surface area (Å²) in [4.78, 5) is 0. The summed E-state index contributed by atoms with van der Waals surface area (Å²) >= 11 is 1.72. The highest BCUT2D eigenvalue weighted by Gasteiger charge is 2.16. The van der Waals surface area contributed by atoms with E-state index in [0.29, 0.717) is 12.6 Å². The van der Waals surface area contributed by atoms with Crippen LogP contribution in [0.5, 0.6) is 5.75 Å². The Kier molecular flexibility index (Phi) is 5.08. The summed E-state index contributed by atoms with van der Waals surface area (Å²) in [6.07, 6.45) is 1.75. The van der Waals surface area contributed by atoms with E-state index in [2.05, 4.69) is 29.1 Å². The third-order valence-electron chi connectivity index (χ3n) is 3.76. The van der Waals surface area contributed by atoms with Crippen LogP contribution in [0.2, 0.25) is 0 Å². The Morgan fingerprint density at radius 3 is 3.14 bits per heavy atom. The van der Waals surface area contributed by atoms with Gasteiger partial charge in [0.25, 0.3) is 0 Å². The van der Waals surface area contributed by atoms with Crippen LogP contribution in [0.4, 0.5) is 4.39 Å². The van der Waals surface area contributed by atoms with Gasteiger partial charge in [0.1, 0.15) is 11.6 Å². The highest BCUT2D eigenvalue weighted by molar-refractivity contribution is 7.07. The molecule has 5 heteroatoms. The Morgan fingerprint density at radius 2 is 2.32 bits per heavy atom. The van der Waals surface area contributed by atoms with Gasteiger partial charge in [0.15, 0.2) is 6.79 Å². The fourth-order valence-corrected chi connectivity index (χ4v) is 3.41. The zero-order valence-electron chi connectivity index (χ0n) is 12.6. The second kappa shape index (κ2) is 7.22. The Bertz CT molecular complexity index is 615. The van der Waals surface area contributed by atoms with Crippen LogP contribution in [0.25, 0.3) is 0 Å². The fourth-order valence-electron chi connectivity index (χ4n) is 2.73. The first-order chi connectivity index (χ1) is 10.7. The predicted octanol–water partition coefficient (Wildman–Crippen LogP) is 3.52. The average Bonchev–Trinajstić information content (AvgIpc) is 3.00. The van der Waals surface area contributed by atoms with Gasteiger partial charge < -0.3 is 14.8 Å². The van der Waals surface area contributed by atoms with Crippen LogP contribution in [0.3, 0.4) is 0 Å². The summed E-state index contributed by atoms with van der Waals surface area (Å²) in [6, 6.07) is 5.60. The molecule has 3 nitrogen and oxygen atoms in total. The van der Waals surface area contributed by atoms with Gasteiger partial charge >= 0.3 is 0 Å². The van der Waals surface area contributed by atoms with Gasteiger partial charge in [-0.15, -0.1) is 0 Å². The fraction of sp³-hybridized carbons (Fsp3) is 0.412. The molecule has 1 aromatic carbocycles. The number of ether oxygens (including phenoxy) is 2. The molecular weight excluding hydrogens is 301 g/mol. The molecule has 1 atom stereocenters. The minimum Gasteiger partial charge on any atom is -0.467 e. The maximum atomic E-state index is 13.7. The number of rotatable bonds is 6. The van der Waals surface area contributed by atoms with E-state index in [1.807, 2.05) is 0 Å². The highest BCUT2D eigenvalue weighted by atomic mass is 32.1. The molecule has 1 aromatic heterocycles. The number of benzene rings is 1. The normalized spacial score (nSPS) is 15.2. The summed E-state index contributed by atoms with van der Waals surface area (Å²) in [5, 5.41) is 7.76. The minimum absolute atomic E-state index is 0.228. The van der Waals surface area contributed by atoms with Crippen molar-refractivity contribution in [2.45, 2.75) is 32.4 Å². The van der Waals surface area contributed by atoms with E-state index in [1.165, 1.54) is 11.6 Å². The Hall–Kier alpha value is -1.43. The van der Waals surface area contributed by atoms with Crippen LogP contribution in [-0.4, -0.2) is 19.4 Å². The van der Waals surface area contributed by atoms with Crippen molar-refractivity contribution in [2.75, 3.05) is 13.3 Å². The molecule has 118 valence electrons. The SMILES string of the molecule is C[C@H](Cc1ccsc1)NCCc1cc(F)cc2c1OCOC2. The van der Waals surface area contributed by atoms with Gasteiger partial charge in [0.2, 0.25) is 0 Å². The third kappa shape index (κ3) is 3.85. The summed E-state index contributed by atoms with van der Waals surface area (Å²) in [6.45, 7) is 3.63. The van der Waals surface area contributed by atoms with Crippen molar-refractivity contribution in [3.63, 3.8) is 0 Å². The van der Waals surface area contributed by atoms with Crippen LogP contribution in [-0.2, 0) is 24.2 Å². The number of nitrogens with one attached hydrogen (secondary N) is 1. The first-order valence-corrected chi connectivity index (χ1v) is 8.43. The first-order valence-electron chi connectivity index (χ1n) is 7.48. The van der Waals surface area contributed by atoms with Gasteiger partial charge in [-0.2, -0.15) is 11.3 Å². The molecule has 0 aliphatic carbocycles. The lowest BCUT2D eigenvalue weighted by Gasteiger charge is -2.21. The van der Waals surface area contributed by atoms with E-state index < -0.39 is 0 Å². The Balaban J connectivity index is 1.56. The molecule has 1 N–H and O–H groups in total. The van der Waals surface area contributed by atoms with Crippen molar-refractivity contribution in [1.82, 2.24) is 5.32 Å². The number of halogens is 1. The lowest BCUT2D eigenvalue weighted by molar-refractivity contribution is -0.0172. The van der Waals surface area contributed by atoms with Gasteiger partial charge in [-0.3, -0.25) is 0 Å². The molecular formula is C17H20FNO2S. The number of thiophene rings is 1. The van der Waals surface area contributed by atoms with Crippen LogP contribution in [0, 0.1) is 5.82 Å². The van der Waals surface area contributed by atoms with Gasteiger partial charge in [-0.05, 0) is 66.4 Å². The average molecular weight is 321 g/mol. The van der Waals surface area contributed by atoms with E-state index in [4.69, 9.17) is 9.47 Å². The van der Waals surface area contributed by atoms with Crippen molar-refractivity contribution in [3.8, 4) is 5.75 Å². The molecule has 3 rings (SSSR count). The number of hydrogen-bond donors (Lipinski definition) is 1. The Morgan fingerprint density at radius 1 is 1.41 bits per heavy atom. The predicted molar refractivity (Wildman–Crippen MR) is 85.9 cm³/mol. The van der Waals surface area contributed by atoms with E-state index in [1.54, 1.807) is 17.4 Å². The van der Waals surface area contributed by atoms with Gasteiger partial charge in [0.05, 0.1) is 6.61 Å². The zero-order valence-corrected chi connectivity index (χ0v) is 13.4. The molecule has 0 amide bonds.